The van der Waals surface area contributed by atoms with Crippen molar-refractivity contribution in [1.82, 2.24) is 5.32 Å². The maximum atomic E-state index is 10.5. The number of carbonyl (C=O) groups excluding carboxylic acids is 1. The molecule has 0 aromatic carbocycles. The van der Waals surface area contributed by atoms with Crippen molar-refractivity contribution in [2.24, 2.45) is 5.92 Å². The molecule has 1 amide bonds. The average molecular weight is 227 g/mol. The molecule has 16 heavy (non-hydrogen) atoms. The Labute approximate surface area is 102 Å². The fourth-order valence-corrected chi connectivity index (χ4v) is 1.68. The predicted molar refractivity (Wildman–Crippen MR) is 72.5 cm³/mol. The van der Waals surface area contributed by atoms with Gasteiger partial charge in [0.1, 0.15) is 0 Å². The van der Waals surface area contributed by atoms with Crippen LogP contribution in [0.25, 0.3) is 0 Å². The van der Waals surface area contributed by atoms with Gasteiger partial charge in [-0.25, -0.2) is 0 Å². The molecule has 0 aliphatic heterocycles. The average Bonchev–Trinajstić information content (AvgIpc) is 2.27. The number of hydrogen-bond acceptors (Lipinski definition) is 1. The van der Waals surface area contributed by atoms with Crippen LogP contribution in [0.5, 0.6) is 0 Å². The van der Waals surface area contributed by atoms with Crippen LogP contribution in [0.1, 0.15) is 60.8 Å². The first kappa shape index (κ1) is 17.6. The molecular weight excluding hydrogens is 198 g/mol. The van der Waals surface area contributed by atoms with Gasteiger partial charge in [-0.15, -0.1) is 0 Å². The highest BCUT2D eigenvalue weighted by Crippen LogP contribution is 2.15. The van der Waals surface area contributed by atoms with Crippen LogP contribution in [0.15, 0.2) is 11.6 Å². The zero-order valence-corrected chi connectivity index (χ0v) is 11.8. The summed E-state index contributed by atoms with van der Waals surface area (Å²) in [5, 5.41) is 2.90. The summed E-state index contributed by atoms with van der Waals surface area (Å²) in [6.07, 6.45) is 6.12. The molecule has 0 aromatic rings. The van der Waals surface area contributed by atoms with Crippen LogP contribution in [0.2, 0.25) is 0 Å². The molecule has 1 atom stereocenters. The van der Waals surface area contributed by atoms with Gasteiger partial charge in [0.05, 0.1) is 0 Å². The lowest BCUT2D eigenvalue weighted by Crippen LogP contribution is -2.31. The van der Waals surface area contributed by atoms with Crippen molar-refractivity contribution < 1.29 is 4.79 Å². The number of nitrogens with one attached hydrogen (secondary N) is 1. The number of hydrogen-bond donors (Lipinski definition) is 1. The Kier molecular flexibility index (Phi) is 13.5. The topological polar surface area (TPSA) is 29.1 Å². The molecule has 0 spiro atoms. The van der Waals surface area contributed by atoms with Crippen LogP contribution in [-0.2, 0) is 4.79 Å². The SMILES string of the molecule is CC.CC/C=C(\CC)C(CC(C)C)NC=O. The third-order valence-electron chi connectivity index (χ3n) is 2.30. The van der Waals surface area contributed by atoms with Crippen molar-refractivity contribution in [3.63, 3.8) is 0 Å². The van der Waals surface area contributed by atoms with Gasteiger partial charge < -0.3 is 5.32 Å². The van der Waals surface area contributed by atoms with E-state index in [0.717, 1.165) is 25.7 Å². The van der Waals surface area contributed by atoms with Crippen LogP contribution >= 0.6 is 0 Å². The second-order valence-corrected chi connectivity index (χ2v) is 4.01. The highest BCUT2D eigenvalue weighted by molar-refractivity contribution is 5.48. The van der Waals surface area contributed by atoms with Gasteiger partial charge in [0, 0.05) is 6.04 Å². The minimum absolute atomic E-state index is 0.234. The molecule has 0 heterocycles. The van der Waals surface area contributed by atoms with Crippen molar-refractivity contribution in [2.75, 3.05) is 0 Å². The van der Waals surface area contributed by atoms with Gasteiger partial charge in [-0.3, -0.25) is 4.79 Å². The summed E-state index contributed by atoms with van der Waals surface area (Å²) < 4.78 is 0. The Hall–Kier alpha value is -0.790. The van der Waals surface area contributed by atoms with Crippen LogP contribution in [-0.4, -0.2) is 12.5 Å². The van der Waals surface area contributed by atoms with E-state index in [4.69, 9.17) is 0 Å². The smallest absolute Gasteiger partial charge is 0.207 e. The number of amides is 1. The monoisotopic (exact) mass is 227 g/mol. The van der Waals surface area contributed by atoms with E-state index in [9.17, 15) is 4.79 Å². The molecule has 0 fully saturated rings. The van der Waals surface area contributed by atoms with E-state index >= 15 is 0 Å². The largest absolute Gasteiger partial charge is 0.352 e. The minimum atomic E-state index is 0.234. The zero-order valence-electron chi connectivity index (χ0n) is 11.8. The molecule has 2 heteroatoms. The quantitative estimate of drug-likeness (QED) is 0.518. The second-order valence-electron chi connectivity index (χ2n) is 4.01. The molecule has 0 saturated heterocycles. The number of allylic oxidation sites excluding steroid dienone is 1. The summed E-state index contributed by atoms with van der Waals surface area (Å²) >= 11 is 0. The summed E-state index contributed by atoms with van der Waals surface area (Å²) in [7, 11) is 0. The second kappa shape index (κ2) is 12.3. The van der Waals surface area contributed by atoms with E-state index in [1.807, 2.05) is 13.8 Å². The molecular formula is C14H29NO. The normalized spacial score (nSPS) is 12.8. The molecule has 0 rings (SSSR count). The molecule has 0 aromatic heterocycles. The standard InChI is InChI=1S/C12H23NO.C2H6/c1-5-7-11(6-2)12(13-9-14)8-10(3)4;1-2/h7,9-10,12H,5-6,8H2,1-4H3,(H,13,14);1-2H3/b11-7+;. The van der Waals surface area contributed by atoms with Crippen LogP contribution in [0.4, 0.5) is 0 Å². The van der Waals surface area contributed by atoms with E-state index in [-0.39, 0.29) is 6.04 Å². The summed E-state index contributed by atoms with van der Waals surface area (Å²) in [5.74, 6) is 0.610. The van der Waals surface area contributed by atoms with Gasteiger partial charge in [0.15, 0.2) is 0 Å². The van der Waals surface area contributed by atoms with Gasteiger partial charge in [-0.05, 0) is 25.2 Å². The van der Waals surface area contributed by atoms with Gasteiger partial charge in [-0.1, -0.05) is 53.2 Å². The Bertz CT molecular complexity index is 185. The highest BCUT2D eigenvalue weighted by atomic mass is 16.1. The lowest BCUT2D eigenvalue weighted by Gasteiger charge is -2.21. The number of rotatable bonds is 7. The molecule has 0 aliphatic rings. The van der Waals surface area contributed by atoms with Crippen LogP contribution < -0.4 is 5.32 Å². The summed E-state index contributed by atoms with van der Waals surface area (Å²) in [6, 6.07) is 0.234. The van der Waals surface area contributed by atoms with Crippen molar-refractivity contribution >= 4 is 6.41 Å². The molecule has 0 saturated carbocycles. The summed E-state index contributed by atoms with van der Waals surface area (Å²) in [4.78, 5) is 10.5. The van der Waals surface area contributed by atoms with E-state index in [1.54, 1.807) is 0 Å². The van der Waals surface area contributed by atoms with Gasteiger partial charge >= 0.3 is 0 Å². The van der Waals surface area contributed by atoms with Crippen LogP contribution in [0.3, 0.4) is 0 Å². The first-order valence-corrected chi connectivity index (χ1v) is 6.54. The number of carbonyl (C=O) groups is 1. The van der Waals surface area contributed by atoms with Gasteiger partial charge in [0.25, 0.3) is 0 Å². The molecule has 0 radical (unpaired) electrons. The Balaban J connectivity index is 0. The van der Waals surface area contributed by atoms with E-state index in [1.165, 1.54) is 5.57 Å². The van der Waals surface area contributed by atoms with Gasteiger partial charge in [0.2, 0.25) is 6.41 Å². The molecule has 1 N–H and O–H groups in total. The van der Waals surface area contributed by atoms with Gasteiger partial charge in [-0.2, -0.15) is 0 Å². The van der Waals surface area contributed by atoms with Crippen molar-refractivity contribution in [3.05, 3.63) is 11.6 Å². The molecule has 0 bridgehead atoms. The van der Waals surface area contributed by atoms with Crippen molar-refractivity contribution in [2.45, 2.75) is 66.8 Å². The lowest BCUT2D eigenvalue weighted by atomic mass is 9.95. The van der Waals surface area contributed by atoms with E-state index in [0.29, 0.717) is 5.92 Å². The maximum Gasteiger partial charge on any atom is 0.207 e. The first-order valence-electron chi connectivity index (χ1n) is 6.54. The molecule has 0 aliphatic carbocycles. The first-order chi connectivity index (χ1) is 7.65. The van der Waals surface area contributed by atoms with Crippen molar-refractivity contribution in [1.29, 1.82) is 0 Å². The van der Waals surface area contributed by atoms with E-state index in [2.05, 4.69) is 39.1 Å². The molecule has 1 unspecified atom stereocenters. The highest BCUT2D eigenvalue weighted by Gasteiger charge is 2.12. The van der Waals surface area contributed by atoms with Crippen LogP contribution in [0, 0.1) is 5.92 Å². The third kappa shape index (κ3) is 8.51. The van der Waals surface area contributed by atoms with E-state index < -0.39 is 0 Å². The van der Waals surface area contributed by atoms with Crippen molar-refractivity contribution in [3.8, 4) is 0 Å². The predicted octanol–water partition coefficient (Wildman–Crippen LogP) is 3.92. The maximum absolute atomic E-state index is 10.5. The fourth-order valence-electron chi connectivity index (χ4n) is 1.68. The Morgan fingerprint density at radius 3 is 2.12 bits per heavy atom. The Morgan fingerprint density at radius 2 is 1.81 bits per heavy atom. The summed E-state index contributed by atoms with van der Waals surface area (Å²) in [5.41, 5.74) is 1.35. The third-order valence-corrected chi connectivity index (χ3v) is 2.30. The molecule has 96 valence electrons. The lowest BCUT2D eigenvalue weighted by molar-refractivity contribution is -0.110. The summed E-state index contributed by atoms with van der Waals surface area (Å²) in [6.45, 7) is 12.6. The minimum Gasteiger partial charge on any atom is -0.352 e. The fraction of sp³-hybridized carbons (Fsp3) is 0.786. The Morgan fingerprint density at radius 1 is 1.25 bits per heavy atom. The molecule has 2 nitrogen and oxygen atoms in total. The zero-order chi connectivity index (χ0) is 13.0.